The Hall–Kier alpha value is -3.15. The van der Waals surface area contributed by atoms with Crippen LogP contribution in [0.1, 0.15) is 37.8 Å². The molecule has 0 bridgehead atoms. The first-order valence-electron chi connectivity index (χ1n) is 15.6. The van der Waals surface area contributed by atoms with E-state index in [0.717, 1.165) is 28.1 Å². The minimum atomic E-state index is -1.77. The summed E-state index contributed by atoms with van der Waals surface area (Å²) in [6.45, 7) is 8.17. The topological polar surface area (TPSA) is 25.8 Å². The first-order valence-corrected chi connectivity index (χ1v) is 23.2. The SMILES string of the molecule is Cc1cc(-c2[c-]cccc2)nc[c]1[Ge]([CH3])([CH3])[CH3].[2H]C(C)(C)c1ccnc(-c2[c-]ccc3c2sc2c4cccc(C)c4ccc32)c1.[Ir]. The Morgan fingerprint density at radius 1 is 0.733 bits per heavy atom. The molecule has 0 aliphatic heterocycles. The second-order valence-corrected chi connectivity index (χ2v) is 24.2. The van der Waals surface area contributed by atoms with Gasteiger partial charge in [0.1, 0.15) is 0 Å². The average Bonchev–Trinajstić information content (AvgIpc) is 3.41. The Bertz CT molecular complexity index is 2160. The largest absolute Gasteiger partial charge is 0.305 e. The maximum Gasteiger partial charge on any atom is 0.0346 e. The molecule has 7 rings (SSSR count). The maximum atomic E-state index is 8.36. The predicted octanol–water partition coefficient (Wildman–Crippen LogP) is 10.9. The van der Waals surface area contributed by atoms with E-state index in [4.69, 9.17) is 1.37 Å². The Balaban J connectivity index is 0.000000200. The van der Waals surface area contributed by atoms with Crippen LogP contribution in [0.4, 0.5) is 0 Å². The summed E-state index contributed by atoms with van der Waals surface area (Å²) in [6.07, 6.45) is 3.88. The fraction of sp³-hybridized carbons (Fsp3) is 0.200. The summed E-state index contributed by atoms with van der Waals surface area (Å²) in [6, 6.07) is 35.9. The third kappa shape index (κ3) is 6.85. The number of fused-ring (bicyclic) bond motifs is 5. The van der Waals surface area contributed by atoms with Crippen molar-refractivity contribution in [1.82, 2.24) is 9.97 Å². The molecule has 0 unspecified atom stereocenters. The van der Waals surface area contributed by atoms with Gasteiger partial charge in [0.2, 0.25) is 0 Å². The van der Waals surface area contributed by atoms with Crippen LogP contribution >= 0.6 is 11.3 Å². The van der Waals surface area contributed by atoms with Crippen molar-refractivity contribution in [2.45, 2.75) is 50.9 Å². The Morgan fingerprint density at radius 2 is 1.49 bits per heavy atom. The maximum absolute atomic E-state index is 8.36. The van der Waals surface area contributed by atoms with E-state index >= 15 is 0 Å². The molecule has 45 heavy (non-hydrogen) atoms. The molecule has 4 aromatic carbocycles. The van der Waals surface area contributed by atoms with Crippen molar-refractivity contribution >= 4 is 59.9 Å². The van der Waals surface area contributed by atoms with E-state index in [9.17, 15) is 0 Å². The minimum Gasteiger partial charge on any atom is -0.305 e. The Labute approximate surface area is 289 Å². The van der Waals surface area contributed by atoms with Crippen molar-refractivity contribution in [3.8, 4) is 22.5 Å². The monoisotopic (exact) mass is 846 g/mol. The molecule has 2 nitrogen and oxygen atoms in total. The van der Waals surface area contributed by atoms with Crippen molar-refractivity contribution in [3.63, 3.8) is 0 Å². The van der Waals surface area contributed by atoms with Crippen LogP contribution in [-0.4, -0.2) is 23.2 Å². The van der Waals surface area contributed by atoms with Crippen LogP contribution in [0.25, 0.3) is 53.5 Å². The molecule has 0 fully saturated rings. The standard InChI is InChI=1S/C25H20NS.C15H18GeN.Ir/c1-15(2)17-12-13-26-23(14-17)22-9-5-8-20-21-11-10-18-16(3)6-4-7-19(18)24(21)27-25(20)22;1-12-10-15(13-8-6-5-7-9-13)17-11-14(12)16(2,3)4;/h4-8,10-15H,1-3H3;5-8,10-11H,1-4H3;/q2*-1;/i15D;;. The fourth-order valence-corrected chi connectivity index (χ4v) is 10.7. The molecular formula is C40H38GeIrN2S-2. The number of hydrogen-bond donors (Lipinski definition) is 0. The number of thiophene rings is 1. The normalized spacial score (nSPS) is 12.0. The zero-order valence-corrected chi connectivity index (χ0v) is 32.2. The van der Waals surface area contributed by atoms with E-state index in [1.165, 1.54) is 46.5 Å². The van der Waals surface area contributed by atoms with Gasteiger partial charge in [-0.3, -0.25) is 0 Å². The number of benzene rings is 4. The van der Waals surface area contributed by atoms with Gasteiger partial charge < -0.3 is 4.98 Å². The first-order chi connectivity index (χ1) is 21.4. The van der Waals surface area contributed by atoms with Gasteiger partial charge in [-0.25, -0.2) is 0 Å². The Kier molecular flexibility index (Phi) is 9.68. The number of hydrogen-bond acceptors (Lipinski definition) is 3. The molecule has 0 saturated heterocycles. The van der Waals surface area contributed by atoms with E-state index in [-0.39, 0.29) is 20.1 Å². The zero-order chi connectivity index (χ0) is 31.9. The van der Waals surface area contributed by atoms with Gasteiger partial charge in [-0.1, -0.05) is 61.2 Å². The minimum absolute atomic E-state index is 0. The van der Waals surface area contributed by atoms with Gasteiger partial charge in [0, 0.05) is 32.4 Å². The van der Waals surface area contributed by atoms with Gasteiger partial charge in [-0.2, -0.15) is 11.3 Å². The van der Waals surface area contributed by atoms with Crippen LogP contribution in [0, 0.1) is 26.0 Å². The molecule has 0 amide bonds. The second kappa shape index (κ2) is 13.7. The van der Waals surface area contributed by atoms with E-state index in [2.05, 4.69) is 108 Å². The van der Waals surface area contributed by atoms with Gasteiger partial charge >= 0.3 is 106 Å². The van der Waals surface area contributed by atoms with Gasteiger partial charge in [-0.05, 0) is 51.0 Å². The van der Waals surface area contributed by atoms with Crippen LogP contribution in [-0.2, 0) is 20.1 Å². The quantitative estimate of drug-likeness (QED) is 0.130. The smallest absolute Gasteiger partial charge is 0.0346 e. The number of aryl methyl sites for hydroxylation is 2. The zero-order valence-electron chi connectivity index (χ0n) is 27.9. The summed E-state index contributed by atoms with van der Waals surface area (Å²) in [5.74, 6) is 6.55. The molecule has 7 aromatic rings. The summed E-state index contributed by atoms with van der Waals surface area (Å²) >= 11 is 0.0439. The van der Waals surface area contributed by atoms with Crippen molar-refractivity contribution in [3.05, 3.63) is 126 Å². The van der Waals surface area contributed by atoms with Crippen LogP contribution in [0.3, 0.4) is 0 Å². The van der Waals surface area contributed by atoms with Gasteiger partial charge in [-0.15, -0.1) is 23.8 Å². The fourth-order valence-electron chi connectivity index (χ4n) is 5.82. The molecule has 229 valence electrons. The molecule has 0 N–H and O–H groups in total. The van der Waals surface area contributed by atoms with Crippen LogP contribution in [0.15, 0.2) is 97.3 Å². The van der Waals surface area contributed by atoms with Gasteiger partial charge in [0.05, 0.1) is 0 Å². The molecule has 3 heterocycles. The molecule has 3 aromatic heterocycles. The van der Waals surface area contributed by atoms with E-state index < -0.39 is 19.2 Å². The van der Waals surface area contributed by atoms with Gasteiger partial charge in [0.25, 0.3) is 0 Å². The van der Waals surface area contributed by atoms with Crippen molar-refractivity contribution in [2.24, 2.45) is 0 Å². The third-order valence-corrected chi connectivity index (χ3v) is 13.9. The summed E-state index contributed by atoms with van der Waals surface area (Å²) < 4.78 is 12.4. The third-order valence-electron chi connectivity index (χ3n) is 8.17. The molecular weight excluding hydrogens is 805 g/mol. The molecule has 0 aliphatic carbocycles. The first kappa shape index (κ1) is 31.8. The van der Waals surface area contributed by atoms with Crippen molar-refractivity contribution in [2.75, 3.05) is 0 Å². The van der Waals surface area contributed by atoms with Gasteiger partial charge in [0.15, 0.2) is 0 Å². The molecule has 0 atom stereocenters. The van der Waals surface area contributed by atoms with E-state index in [0.29, 0.717) is 0 Å². The number of pyridine rings is 2. The summed E-state index contributed by atoms with van der Waals surface area (Å²) in [4.78, 5) is 9.20. The average molecular weight is 845 g/mol. The van der Waals surface area contributed by atoms with E-state index in [1.807, 2.05) is 61.6 Å². The summed E-state index contributed by atoms with van der Waals surface area (Å²) in [5.41, 5.74) is 7.64. The summed E-state index contributed by atoms with van der Waals surface area (Å²) in [7, 11) is 0. The van der Waals surface area contributed by atoms with Crippen molar-refractivity contribution in [1.29, 1.82) is 0 Å². The number of aromatic nitrogens is 2. The van der Waals surface area contributed by atoms with Crippen LogP contribution in [0.5, 0.6) is 0 Å². The molecule has 5 heteroatoms. The van der Waals surface area contributed by atoms with Crippen molar-refractivity contribution < 1.29 is 21.5 Å². The molecule has 1 radical (unpaired) electrons. The molecule has 0 aliphatic rings. The number of nitrogens with zero attached hydrogens (tertiary/aromatic N) is 2. The Morgan fingerprint density at radius 3 is 2.20 bits per heavy atom. The van der Waals surface area contributed by atoms with E-state index in [1.54, 1.807) is 6.20 Å². The number of rotatable bonds is 4. The van der Waals surface area contributed by atoms with Crippen LogP contribution < -0.4 is 4.40 Å². The predicted molar refractivity (Wildman–Crippen MR) is 194 cm³/mol. The second-order valence-electron chi connectivity index (χ2n) is 12.7. The van der Waals surface area contributed by atoms with Crippen LogP contribution in [0.2, 0.25) is 17.3 Å². The molecule has 0 spiro atoms. The molecule has 0 saturated carbocycles. The summed E-state index contributed by atoms with van der Waals surface area (Å²) in [5, 5.41) is 5.14.